The van der Waals surface area contributed by atoms with Crippen LogP contribution < -0.4 is 5.32 Å². The quantitative estimate of drug-likeness (QED) is 0.690. The molecule has 2 rings (SSSR count). The standard InChI is InChI=1S/C13H11FN2O4/c1-6-5-8(11(15-6)13(19)20)16-12(18)10-7(14)3-2-4-9(10)17/h2-5,15,17H,1H3,(H,16,18)(H,19,20). The number of aromatic nitrogens is 1. The Labute approximate surface area is 112 Å². The fourth-order valence-electron chi connectivity index (χ4n) is 1.78. The molecule has 2 aromatic rings. The number of nitrogens with one attached hydrogen (secondary N) is 2. The maximum Gasteiger partial charge on any atom is 0.354 e. The molecule has 0 aliphatic carbocycles. The summed E-state index contributed by atoms with van der Waals surface area (Å²) >= 11 is 0. The largest absolute Gasteiger partial charge is 0.507 e. The van der Waals surface area contributed by atoms with Crippen LogP contribution in [0.5, 0.6) is 5.75 Å². The zero-order valence-electron chi connectivity index (χ0n) is 10.4. The second-order valence-corrected chi connectivity index (χ2v) is 4.13. The minimum atomic E-state index is -1.26. The number of anilines is 1. The van der Waals surface area contributed by atoms with Crippen LogP contribution in [0.1, 0.15) is 26.5 Å². The van der Waals surface area contributed by atoms with E-state index in [0.29, 0.717) is 5.69 Å². The Morgan fingerprint density at radius 3 is 2.65 bits per heavy atom. The Bertz CT molecular complexity index is 673. The number of carbonyl (C=O) groups is 2. The Morgan fingerprint density at radius 1 is 1.35 bits per heavy atom. The lowest BCUT2D eigenvalue weighted by Crippen LogP contribution is -2.15. The van der Waals surface area contributed by atoms with E-state index in [2.05, 4.69) is 10.3 Å². The predicted molar refractivity (Wildman–Crippen MR) is 68.5 cm³/mol. The van der Waals surface area contributed by atoms with Gasteiger partial charge in [0.05, 0.1) is 5.69 Å². The van der Waals surface area contributed by atoms with Gasteiger partial charge in [0.25, 0.3) is 5.91 Å². The van der Waals surface area contributed by atoms with Gasteiger partial charge in [0.2, 0.25) is 0 Å². The van der Waals surface area contributed by atoms with Crippen LogP contribution in [0.4, 0.5) is 10.1 Å². The number of rotatable bonds is 3. The third-order valence-corrected chi connectivity index (χ3v) is 2.63. The van der Waals surface area contributed by atoms with E-state index >= 15 is 0 Å². The number of aryl methyl sites for hydroxylation is 1. The molecular formula is C13H11FN2O4. The van der Waals surface area contributed by atoms with Crippen molar-refractivity contribution in [2.75, 3.05) is 5.32 Å². The first-order valence-electron chi connectivity index (χ1n) is 5.62. The van der Waals surface area contributed by atoms with Gasteiger partial charge in [0, 0.05) is 5.69 Å². The van der Waals surface area contributed by atoms with Gasteiger partial charge < -0.3 is 20.5 Å². The van der Waals surface area contributed by atoms with E-state index < -0.39 is 29.0 Å². The number of carbonyl (C=O) groups excluding carboxylic acids is 1. The number of H-pyrrole nitrogens is 1. The highest BCUT2D eigenvalue weighted by atomic mass is 19.1. The SMILES string of the molecule is Cc1cc(NC(=O)c2c(O)cccc2F)c(C(=O)O)[nH]1. The molecule has 4 N–H and O–H groups in total. The first kappa shape index (κ1) is 13.6. The maximum atomic E-state index is 13.5. The number of halogens is 1. The van der Waals surface area contributed by atoms with E-state index in [4.69, 9.17) is 5.11 Å². The van der Waals surface area contributed by atoms with Crippen LogP contribution in [-0.2, 0) is 0 Å². The van der Waals surface area contributed by atoms with Crippen molar-refractivity contribution in [2.24, 2.45) is 0 Å². The molecule has 0 unspecified atom stereocenters. The Morgan fingerprint density at radius 2 is 2.05 bits per heavy atom. The van der Waals surface area contributed by atoms with Crippen LogP contribution >= 0.6 is 0 Å². The van der Waals surface area contributed by atoms with Crippen LogP contribution in [0.25, 0.3) is 0 Å². The molecule has 0 fully saturated rings. The smallest absolute Gasteiger partial charge is 0.354 e. The number of hydrogen-bond acceptors (Lipinski definition) is 3. The van der Waals surface area contributed by atoms with Gasteiger partial charge in [-0.05, 0) is 25.1 Å². The van der Waals surface area contributed by atoms with Crippen molar-refractivity contribution in [3.63, 3.8) is 0 Å². The average molecular weight is 278 g/mol. The zero-order chi connectivity index (χ0) is 14.9. The van der Waals surface area contributed by atoms with Gasteiger partial charge in [-0.15, -0.1) is 0 Å². The van der Waals surface area contributed by atoms with Gasteiger partial charge in [-0.3, -0.25) is 4.79 Å². The van der Waals surface area contributed by atoms with Crippen molar-refractivity contribution in [3.8, 4) is 5.75 Å². The van der Waals surface area contributed by atoms with E-state index in [1.807, 2.05) is 0 Å². The lowest BCUT2D eigenvalue weighted by atomic mass is 10.1. The molecule has 7 heteroatoms. The number of phenols is 1. The van der Waals surface area contributed by atoms with Crippen molar-refractivity contribution in [1.29, 1.82) is 0 Å². The molecule has 104 valence electrons. The molecule has 0 atom stereocenters. The number of aromatic hydroxyl groups is 1. The van der Waals surface area contributed by atoms with Crippen molar-refractivity contribution < 1.29 is 24.2 Å². The van der Waals surface area contributed by atoms with Gasteiger partial charge in [0.1, 0.15) is 22.8 Å². The van der Waals surface area contributed by atoms with Crippen LogP contribution in [0, 0.1) is 12.7 Å². The highest BCUT2D eigenvalue weighted by Crippen LogP contribution is 2.23. The molecule has 1 amide bonds. The first-order chi connectivity index (χ1) is 9.40. The average Bonchev–Trinajstić information content (AvgIpc) is 2.70. The predicted octanol–water partition coefficient (Wildman–Crippen LogP) is 2.12. The van der Waals surface area contributed by atoms with Crippen molar-refractivity contribution in [2.45, 2.75) is 6.92 Å². The lowest BCUT2D eigenvalue weighted by molar-refractivity contribution is 0.0692. The minimum Gasteiger partial charge on any atom is -0.507 e. The molecule has 20 heavy (non-hydrogen) atoms. The van der Waals surface area contributed by atoms with Crippen LogP contribution in [0.3, 0.4) is 0 Å². The zero-order valence-corrected chi connectivity index (χ0v) is 10.4. The Balaban J connectivity index is 2.35. The topological polar surface area (TPSA) is 102 Å². The van der Waals surface area contributed by atoms with E-state index in [9.17, 15) is 19.1 Å². The number of aromatic amines is 1. The van der Waals surface area contributed by atoms with Crippen molar-refractivity contribution in [3.05, 3.63) is 47.0 Å². The highest BCUT2D eigenvalue weighted by molar-refractivity contribution is 6.08. The highest BCUT2D eigenvalue weighted by Gasteiger charge is 2.20. The van der Waals surface area contributed by atoms with Crippen molar-refractivity contribution >= 4 is 17.6 Å². The van der Waals surface area contributed by atoms with Crippen LogP contribution in [0.2, 0.25) is 0 Å². The normalized spacial score (nSPS) is 10.3. The number of amides is 1. The second kappa shape index (κ2) is 5.04. The second-order valence-electron chi connectivity index (χ2n) is 4.13. The summed E-state index contributed by atoms with van der Waals surface area (Å²) in [5.74, 6) is -3.61. The number of hydrogen-bond donors (Lipinski definition) is 4. The minimum absolute atomic E-state index is 0.00246. The number of phenolic OH excluding ortho intramolecular Hbond substituents is 1. The fraction of sp³-hybridized carbons (Fsp3) is 0.0769. The van der Waals surface area contributed by atoms with E-state index in [0.717, 1.165) is 6.07 Å². The summed E-state index contributed by atoms with van der Waals surface area (Å²) in [5, 5.41) is 20.7. The number of carboxylic acid groups (broad SMARTS) is 1. The maximum absolute atomic E-state index is 13.5. The third-order valence-electron chi connectivity index (χ3n) is 2.63. The van der Waals surface area contributed by atoms with E-state index in [-0.39, 0.29) is 11.4 Å². The molecule has 6 nitrogen and oxygen atoms in total. The summed E-state index contributed by atoms with van der Waals surface area (Å²) in [5.41, 5.74) is -0.229. The number of aromatic carboxylic acids is 1. The monoisotopic (exact) mass is 278 g/mol. The molecule has 1 aromatic carbocycles. The first-order valence-corrected chi connectivity index (χ1v) is 5.62. The van der Waals surface area contributed by atoms with Gasteiger partial charge in [-0.25, -0.2) is 9.18 Å². The molecule has 0 bridgehead atoms. The van der Waals surface area contributed by atoms with E-state index in [1.54, 1.807) is 6.92 Å². The molecular weight excluding hydrogens is 267 g/mol. The molecule has 0 saturated carbocycles. The lowest BCUT2D eigenvalue weighted by Gasteiger charge is -2.07. The number of carboxylic acids is 1. The fourth-order valence-corrected chi connectivity index (χ4v) is 1.78. The summed E-state index contributed by atoms with van der Waals surface area (Å²) in [6.45, 7) is 1.61. The summed E-state index contributed by atoms with van der Waals surface area (Å²) in [6, 6.07) is 4.84. The summed E-state index contributed by atoms with van der Waals surface area (Å²) in [4.78, 5) is 25.5. The molecule has 0 saturated heterocycles. The number of benzene rings is 1. The Kier molecular flexibility index (Phi) is 3.43. The molecule has 0 radical (unpaired) electrons. The van der Waals surface area contributed by atoms with Gasteiger partial charge in [0.15, 0.2) is 0 Å². The van der Waals surface area contributed by atoms with Gasteiger partial charge >= 0.3 is 5.97 Å². The molecule has 0 aliphatic heterocycles. The van der Waals surface area contributed by atoms with Gasteiger partial charge in [-0.1, -0.05) is 6.07 Å². The molecule has 0 spiro atoms. The summed E-state index contributed by atoms with van der Waals surface area (Å²) in [7, 11) is 0. The summed E-state index contributed by atoms with van der Waals surface area (Å²) in [6.07, 6.45) is 0. The van der Waals surface area contributed by atoms with E-state index in [1.165, 1.54) is 18.2 Å². The van der Waals surface area contributed by atoms with Crippen LogP contribution in [0.15, 0.2) is 24.3 Å². The summed E-state index contributed by atoms with van der Waals surface area (Å²) < 4.78 is 13.5. The van der Waals surface area contributed by atoms with Gasteiger partial charge in [-0.2, -0.15) is 0 Å². The Hall–Kier alpha value is -2.83. The molecule has 0 aliphatic rings. The van der Waals surface area contributed by atoms with Crippen LogP contribution in [-0.4, -0.2) is 27.1 Å². The van der Waals surface area contributed by atoms with Crippen molar-refractivity contribution in [1.82, 2.24) is 4.98 Å². The molecule has 1 aromatic heterocycles. The third kappa shape index (κ3) is 2.46. The molecule has 1 heterocycles.